The van der Waals surface area contributed by atoms with Crippen molar-refractivity contribution >= 4 is 29.3 Å². The van der Waals surface area contributed by atoms with Crippen molar-refractivity contribution in [3.63, 3.8) is 0 Å². The number of anilines is 1. The van der Waals surface area contributed by atoms with Gasteiger partial charge in [0.1, 0.15) is 0 Å². The van der Waals surface area contributed by atoms with Gasteiger partial charge in [0, 0.05) is 23.5 Å². The summed E-state index contributed by atoms with van der Waals surface area (Å²) in [5, 5.41) is 5.59. The molecule has 0 aliphatic rings. The fourth-order valence-electron chi connectivity index (χ4n) is 2.00. The minimum atomic E-state index is -0.114. The van der Waals surface area contributed by atoms with E-state index in [1.165, 1.54) is 11.8 Å². The third kappa shape index (κ3) is 5.93. The summed E-state index contributed by atoms with van der Waals surface area (Å²) in [6.45, 7) is 4.02. The lowest BCUT2D eigenvalue weighted by Gasteiger charge is -2.06. The second-order valence-corrected chi connectivity index (χ2v) is 6.09. The van der Waals surface area contributed by atoms with Gasteiger partial charge in [0.25, 0.3) is 5.91 Å². The van der Waals surface area contributed by atoms with Crippen LogP contribution in [-0.2, 0) is 10.5 Å². The van der Waals surface area contributed by atoms with E-state index >= 15 is 0 Å². The molecule has 2 amide bonds. The van der Waals surface area contributed by atoms with Crippen molar-refractivity contribution in [1.29, 1.82) is 0 Å². The molecule has 0 atom stereocenters. The second kappa shape index (κ2) is 9.57. The maximum Gasteiger partial charge on any atom is 0.251 e. The zero-order chi connectivity index (χ0) is 17.2. The summed E-state index contributed by atoms with van der Waals surface area (Å²) in [6.07, 6.45) is 1.64. The van der Waals surface area contributed by atoms with Gasteiger partial charge in [0.05, 0.1) is 5.75 Å². The van der Waals surface area contributed by atoms with Crippen LogP contribution in [0.2, 0.25) is 0 Å². The van der Waals surface area contributed by atoms with Crippen LogP contribution >= 0.6 is 11.8 Å². The molecule has 2 aromatic carbocycles. The number of hydrogen-bond acceptors (Lipinski definition) is 3. The van der Waals surface area contributed by atoms with Crippen molar-refractivity contribution < 1.29 is 9.59 Å². The van der Waals surface area contributed by atoms with E-state index in [-0.39, 0.29) is 11.8 Å². The molecular formula is C19H20N2O2S. The normalized spacial score (nSPS) is 10.0. The first-order valence-corrected chi connectivity index (χ1v) is 8.75. The fraction of sp³-hybridized carbons (Fsp3) is 0.158. The highest BCUT2D eigenvalue weighted by atomic mass is 32.2. The Kier molecular flexibility index (Phi) is 7.11. The average molecular weight is 340 g/mol. The maximum absolute atomic E-state index is 11.9. The molecule has 2 rings (SSSR count). The number of para-hydroxylation sites is 1. The third-order valence-corrected chi connectivity index (χ3v) is 4.19. The van der Waals surface area contributed by atoms with Gasteiger partial charge in [-0.15, -0.1) is 18.3 Å². The smallest absolute Gasteiger partial charge is 0.251 e. The number of thioether (sulfide) groups is 1. The van der Waals surface area contributed by atoms with Crippen molar-refractivity contribution in [1.82, 2.24) is 5.32 Å². The lowest BCUT2D eigenvalue weighted by molar-refractivity contribution is -0.113. The predicted octanol–water partition coefficient (Wildman–Crippen LogP) is 3.47. The molecule has 0 aliphatic heterocycles. The van der Waals surface area contributed by atoms with Crippen molar-refractivity contribution in [2.75, 3.05) is 17.6 Å². The minimum absolute atomic E-state index is 0.0216. The van der Waals surface area contributed by atoms with Gasteiger partial charge < -0.3 is 10.6 Å². The van der Waals surface area contributed by atoms with Gasteiger partial charge in [0.2, 0.25) is 5.91 Å². The molecule has 0 aliphatic carbocycles. The first-order chi connectivity index (χ1) is 11.7. The Hall–Kier alpha value is -2.53. The summed E-state index contributed by atoms with van der Waals surface area (Å²) in [7, 11) is 0. The lowest BCUT2D eigenvalue weighted by atomic mass is 10.1. The van der Waals surface area contributed by atoms with Gasteiger partial charge in [-0.05, 0) is 29.8 Å². The highest BCUT2D eigenvalue weighted by Gasteiger charge is 2.05. The van der Waals surface area contributed by atoms with Gasteiger partial charge in [-0.1, -0.05) is 36.4 Å². The van der Waals surface area contributed by atoms with Crippen LogP contribution in [-0.4, -0.2) is 24.1 Å². The van der Waals surface area contributed by atoms with E-state index in [1.807, 2.05) is 42.5 Å². The SMILES string of the molecule is C=CCNC(=O)c1ccc(CSCC(=O)Nc2ccccc2)cc1. The van der Waals surface area contributed by atoms with Crippen molar-refractivity contribution in [2.45, 2.75) is 5.75 Å². The zero-order valence-electron chi connectivity index (χ0n) is 13.3. The molecule has 0 saturated carbocycles. The van der Waals surface area contributed by atoms with E-state index in [4.69, 9.17) is 0 Å². The Labute approximate surface area is 146 Å². The molecule has 0 heterocycles. The van der Waals surface area contributed by atoms with Crippen LogP contribution in [0.15, 0.2) is 67.3 Å². The number of hydrogen-bond donors (Lipinski definition) is 2. The van der Waals surface area contributed by atoms with Gasteiger partial charge in [-0.25, -0.2) is 0 Å². The van der Waals surface area contributed by atoms with Gasteiger partial charge >= 0.3 is 0 Å². The van der Waals surface area contributed by atoms with Crippen LogP contribution in [0.25, 0.3) is 0 Å². The molecule has 0 spiro atoms. The molecule has 4 nitrogen and oxygen atoms in total. The van der Waals surface area contributed by atoms with Crippen LogP contribution in [0.4, 0.5) is 5.69 Å². The van der Waals surface area contributed by atoms with E-state index in [1.54, 1.807) is 18.2 Å². The predicted molar refractivity (Wildman–Crippen MR) is 100 cm³/mol. The molecule has 0 radical (unpaired) electrons. The van der Waals surface area contributed by atoms with Crippen molar-refractivity contribution in [2.24, 2.45) is 0 Å². The van der Waals surface area contributed by atoms with Gasteiger partial charge in [-0.3, -0.25) is 9.59 Å². The Morgan fingerprint density at radius 1 is 1.04 bits per heavy atom. The molecule has 5 heteroatoms. The maximum atomic E-state index is 11.9. The first kappa shape index (κ1) is 17.8. The molecule has 0 saturated heterocycles. The molecule has 0 unspecified atom stereocenters. The summed E-state index contributed by atoms with van der Waals surface area (Å²) in [5.74, 6) is 0.968. The molecule has 2 aromatic rings. The lowest BCUT2D eigenvalue weighted by Crippen LogP contribution is -2.23. The first-order valence-electron chi connectivity index (χ1n) is 7.59. The summed E-state index contributed by atoms with van der Waals surface area (Å²) >= 11 is 1.54. The zero-order valence-corrected chi connectivity index (χ0v) is 14.1. The molecule has 0 bridgehead atoms. The summed E-state index contributed by atoms with van der Waals surface area (Å²) < 4.78 is 0. The Morgan fingerprint density at radius 2 is 1.75 bits per heavy atom. The summed E-state index contributed by atoms with van der Waals surface area (Å²) in [4.78, 5) is 23.6. The van der Waals surface area contributed by atoms with Crippen LogP contribution in [0.5, 0.6) is 0 Å². The topological polar surface area (TPSA) is 58.2 Å². The van der Waals surface area contributed by atoms with Gasteiger partial charge in [-0.2, -0.15) is 0 Å². The molecule has 24 heavy (non-hydrogen) atoms. The summed E-state index contributed by atoms with van der Waals surface area (Å²) in [5.41, 5.74) is 2.50. The Balaban J connectivity index is 1.75. The number of nitrogens with one attached hydrogen (secondary N) is 2. The van der Waals surface area contributed by atoms with E-state index in [0.29, 0.717) is 17.9 Å². The van der Waals surface area contributed by atoms with E-state index in [9.17, 15) is 9.59 Å². The van der Waals surface area contributed by atoms with Gasteiger partial charge in [0.15, 0.2) is 0 Å². The quantitative estimate of drug-likeness (QED) is 0.724. The molecule has 124 valence electrons. The number of rotatable bonds is 8. The van der Waals surface area contributed by atoms with E-state index < -0.39 is 0 Å². The monoisotopic (exact) mass is 340 g/mol. The second-order valence-electron chi connectivity index (χ2n) is 5.10. The number of carbonyl (C=O) groups excluding carboxylic acids is 2. The molecule has 0 aromatic heterocycles. The van der Waals surface area contributed by atoms with Crippen molar-refractivity contribution in [3.05, 3.63) is 78.4 Å². The van der Waals surface area contributed by atoms with Crippen LogP contribution in [0.1, 0.15) is 15.9 Å². The van der Waals surface area contributed by atoms with E-state index in [2.05, 4.69) is 17.2 Å². The largest absolute Gasteiger partial charge is 0.349 e. The number of amides is 2. The molecule has 2 N–H and O–H groups in total. The molecular weight excluding hydrogens is 320 g/mol. The fourth-order valence-corrected chi connectivity index (χ4v) is 2.79. The number of benzene rings is 2. The summed E-state index contributed by atoms with van der Waals surface area (Å²) in [6, 6.07) is 16.8. The van der Waals surface area contributed by atoms with Crippen LogP contribution in [0, 0.1) is 0 Å². The van der Waals surface area contributed by atoms with Crippen molar-refractivity contribution in [3.8, 4) is 0 Å². The third-order valence-electron chi connectivity index (χ3n) is 3.18. The van der Waals surface area contributed by atoms with Crippen LogP contribution in [0.3, 0.4) is 0 Å². The highest BCUT2D eigenvalue weighted by Crippen LogP contribution is 2.14. The van der Waals surface area contributed by atoms with E-state index in [0.717, 1.165) is 17.0 Å². The minimum Gasteiger partial charge on any atom is -0.349 e. The Bertz CT molecular complexity index is 684. The number of carbonyl (C=O) groups is 2. The molecule has 0 fully saturated rings. The van der Waals surface area contributed by atoms with Crippen LogP contribution < -0.4 is 10.6 Å². The average Bonchev–Trinajstić information content (AvgIpc) is 2.61. The standard InChI is InChI=1S/C19H20N2O2S/c1-2-12-20-19(23)16-10-8-15(9-11-16)13-24-14-18(22)21-17-6-4-3-5-7-17/h2-11H,1,12-14H2,(H,20,23)(H,21,22). The Morgan fingerprint density at radius 3 is 2.42 bits per heavy atom. The highest BCUT2D eigenvalue weighted by molar-refractivity contribution is 7.99.